The van der Waals surface area contributed by atoms with Gasteiger partial charge in [0.1, 0.15) is 11.7 Å². The topological polar surface area (TPSA) is 84.3 Å². The monoisotopic (exact) mass is 416 g/mol. The van der Waals surface area contributed by atoms with Crippen molar-refractivity contribution in [3.8, 4) is 11.3 Å². The number of nitrogens with one attached hydrogen (secondary N) is 1. The van der Waals surface area contributed by atoms with E-state index in [1.54, 1.807) is 17.9 Å². The minimum Gasteiger partial charge on any atom is -0.322 e. The van der Waals surface area contributed by atoms with Gasteiger partial charge in [-0.3, -0.25) is 14.4 Å². The number of rotatable bonds is 4. The summed E-state index contributed by atoms with van der Waals surface area (Å²) in [4.78, 5) is 39.8. The quantitative estimate of drug-likeness (QED) is 0.707. The first-order valence-electron chi connectivity index (χ1n) is 10.2. The number of anilines is 2. The highest BCUT2D eigenvalue weighted by Crippen LogP contribution is 2.29. The summed E-state index contributed by atoms with van der Waals surface area (Å²) in [5, 5.41) is 7.07. The molecule has 3 aromatic rings. The number of aromatic nitrogens is 2. The number of carbonyl (C=O) groups excluding carboxylic acids is 2. The van der Waals surface area contributed by atoms with Crippen molar-refractivity contribution in [2.45, 2.75) is 33.2 Å². The predicted molar refractivity (Wildman–Crippen MR) is 120 cm³/mol. The molecule has 7 heteroatoms. The molecule has 0 aliphatic carbocycles. The second-order valence-corrected chi connectivity index (χ2v) is 7.78. The van der Waals surface area contributed by atoms with E-state index in [1.165, 1.54) is 11.6 Å². The number of hydrogen-bond donors (Lipinski definition) is 1. The number of carbonyl (C=O) groups is 2. The minimum absolute atomic E-state index is 0.0968. The summed E-state index contributed by atoms with van der Waals surface area (Å²) in [5.41, 5.74) is 3.94. The van der Waals surface area contributed by atoms with Crippen LogP contribution in [0.5, 0.6) is 0 Å². The molecule has 2 amide bonds. The van der Waals surface area contributed by atoms with Gasteiger partial charge in [-0.15, -0.1) is 0 Å². The molecule has 0 bridgehead atoms. The summed E-state index contributed by atoms with van der Waals surface area (Å²) in [6.07, 6.45) is 0.775. The molecule has 1 N–H and O–H groups in total. The predicted octanol–water partition coefficient (Wildman–Crippen LogP) is 3.33. The Labute approximate surface area is 180 Å². The van der Waals surface area contributed by atoms with E-state index in [0.29, 0.717) is 12.2 Å². The molecule has 0 unspecified atom stereocenters. The smallest absolute Gasteiger partial charge is 0.291 e. The van der Waals surface area contributed by atoms with Crippen molar-refractivity contribution in [2.75, 3.05) is 16.8 Å². The van der Waals surface area contributed by atoms with Crippen LogP contribution in [0.4, 0.5) is 11.4 Å². The van der Waals surface area contributed by atoms with Crippen LogP contribution < -0.4 is 15.8 Å². The van der Waals surface area contributed by atoms with E-state index in [0.717, 1.165) is 28.8 Å². The van der Waals surface area contributed by atoms with Crippen LogP contribution in [-0.2, 0) is 16.0 Å². The van der Waals surface area contributed by atoms with Gasteiger partial charge < -0.3 is 10.2 Å². The van der Waals surface area contributed by atoms with E-state index in [-0.39, 0.29) is 17.5 Å². The third kappa shape index (κ3) is 3.99. The summed E-state index contributed by atoms with van der Waals surface area (Å²) >= 11 is 0. The lowest BCUT2D eigenvalue weighted by molar-refractivity contribution is -0.121. The molecule has 7 nitrogen and oxygen atoms in total. The molecule has 2 aromatic carbocycles. The van der Waals surface area contributed by atoms with Gasteiger partial charge in [0.15, 0.2) is 0 Å². The second kappa shape index (κ2) is 8.18. The lowest BCUT2D eigenvalue weighted by Crippen LogP contribution is -2.40. The Morgan fingerprint density at radius 2 is 1.81 bits per heavy atom. The SMILES string of the molecule is CC(=O)Nc1cc(-c2ccc(C)cc2)nn([C@H](C)C(=O)N2CCc3ccccc32)c1=O. The van der Waals surface area contributed by atoms with Gasteiger partial charge in [-0.2, -0.15) is 5.10 Å². The van der Waals surface area contributed by atoms with Crippen molar-refractivity contribution >= 4 is 23.2 Å². The number of fused-ring (bicyclic) bond motifs is 1. The van der Waals surface area contributed by atoms with Crippen LogP contribution in [0, 0.1) is 6.92 Å². The fourth-order valence-corrected chi connectivity index (χ4v) is 3.82. The van der Waals surface area contributed by atoms with E-state index in [1.807, 2.05) is 55.5 Å². The molecular formula is C24H24N4O3. The summed E-state index contributed by atoms with van der Waals surface area (Å²) in [6.45, 7) is 5.54. The zero-order chi connectivity index (χ0) is 22.1. The molecule has 1 atom stereocenters. The maximum Gasteiger partial charge on any atom is 0.291 e. The number of para-hydroxylation sites is 1. The van der Waals surface area contributed by atoms with Crippen molar-refractivity contribution in [2.24, 2.45) is 0 Å². The molecule has 1 aromatic heterocycles. The highest BCUT2D eigenvalue weighted by atomic mass is 16.2. The fraction of sp³-hybridized carbons (Fsp3) is 0.250. The van der Waals surface area contributed by atoms with E-state index in [9.17, 15) is 14.4 Å². The summed E-state index contributed by atoms with van der Waals surface area (Å²) in [7, 11) is 0. The highest BCUT2D eigenvalue weighted by molar-refractivity contribution is 5.98. The lowest BCUT2D eigenvalue weighted by Gasteiger charge is -2.23. The molecule has 0 spiro atoms. The van der Waals surface area contributed by atoms with Gasteiger partial charge in [0.05, 0.1) is 5.69 Å². The number of nitrogens with zero attached hydrogens (tertiary/aromatic N) is 3. The zero-order valence-electron chi connectivity index (χ0n) is 17.8. The van der Waals surface area contributed by atoms with Crippen LogP contribution in [0.15, 0.2) is 59.4 Å². The first-order valence-corrected chi connectivity index (χ1v) is 10.2. The Bertz CT molecular complexity index is 1210. The first kappa shape index (κ1) is 20.5. The van der Waals surface area contributed by atoms with E-state index in [4.69, 9.17) is 0 Å². The molecular weight excluding hydrogens is 392 g/mol. The Hall–Kier alpha value is -3.74. The normalized spacial score (nSPS) is 13.6. The Kier molecular flexibility index (Phi) is 5.42. The molecule has 2 heterocycles. The first-order chi connectivity index (χ1) is 14.8. The molecule has 0 radical (unpaired) electrons. The van der Waals surface area contributed by atoms with Gasteiger partial charge in [-0.1, -0.05) is 48.0 Å². The lowest BCUT2D eigenvalue weighted by atomic mass is 10.1. The van der Waals surface area contributed by atoms with Gasteiger partial charge in [0.25, 0.3) is 11.5 Å². The Balaban J connectivity index is 1.76. The van der Waals surface area contributed by atoms with Gasteiger partial charge in [0, 0.05) is 24.7 Å². The number of amides is 2. The van der Waals surface area contributed by atoms with Crippen LogP contribution in [0.3, 0.4) is 0 Å². The number of hydrogen-bond acceptors (Lipinski definition) is 4. The summed E-state index contributed by atoms with van der Waals surface area (Å²) in [6, 6.07) is 16.2. The van der Waals surface area contributed by atoms with Gasteiger partial charge >= 0.3 is 0 Å². The average Bonchev–Trinajstić information content (AvgIpc) is 3.18. The zero-order valence-corrected chi connectivity index (χ0v) is 17.8. The highest BCUT2D eigenvalue weighted by Gasteiger charge is 2.30. The standard InChI is InChI=1S/C24H24N4O3/c1-15-8-10-18(11-9-15)20-14-21(25-17(3)29)24(31)28(26-20)16(2)23(30)27-13-12-19-6-4-5-7-22(19)27/h4-11,14,16H,12-13H2,1-3H3,(H,25,29)/t16-/m1/s1. The summed E-state index contributed by atoms with van der Waals surface area (Å²) in [5.74, 6) is -0.577. The third-order valence-corrected chi connectivity index (χ3v) is 5.47. The average molecular weight is 416 g/mol. The largest absolute Gasteiger partial charge is 0.322 e. The third-order valence-electron chi connectivity index (χ3n) is 5.47. The van der Waals surface area contributed by atoms with Gasteiger partial charge in [-0.25, -0.2) is 4.68 Å². The molecule has 0 saturated carbocycles. The summed E-state index contributed by atoms with van der Waals surface area (Å²) < 4.78 is 1.17. The molecule has 1 aliphatic heterocycles. The van der Waals surface area contributed by atoms with Crippen molar-refractivity contribution in [3.63, 3.8) is 0 Å². The molecule has 1 aliphatic rings. The fourth-order valence-electron chi connectivity index (χ4n) is 3.82. The van der Waals surface area contributed by atoms with Gasteiger partial charge in [0.2, 0.25) is 5.91 Å². The van der Waals surface area contributed by atoms with E-state index >= 15 is 0 Å². The van der Waals surface area contributed by atoms with Crippen LogP contribution >= 0.6 is 0 Å². The van der Waals surface area contributed by atoms with Crippen LogP contribution in [0.1, 0.15) is 31.0 Å². The van der Waals surface area contributed by atoms with Gasteiger partial charge in [-0.05, 0) is 38.0 Å². The molecule has 4 rings (SSSR count). The minimum atomic E-state index is -0.837. The molecule has 31 heavy (non-hydrogen) atoms. The second-order valence-electron chi connectivity index (χ2n) is 7.78. The van der Waals surface area contributed by atoms with Crippen molar-refractivity contribution in [3.05, 3.63) is 76.1 Å². The Morgan fingerprint density at radius 3 is 2.52 bits per heavy atom. The van der Waals surface area contributed by atoms with Crippen LogP contribution in [0.25, 0.3) is 11.3 Å². The van der Waals surface area contributed by atoms with Crippen molar-refractivity contribution < 1.29 is 9.59 Å². The van der Waals surface area contributed by atoms with E-state index in [2.05, 4.69) is 10.4 Å². The Morgan fingerprint density at radius 1 is 1.10 bits per heavy atom. The van der Waals surface area contributed by atoms with Crippen molar-refractivity contribution in [1.29, 1.82) is 0 Å². The van der Waals surface area contributed by atoms with Crippen LogP contribution in [-0.4, -0.2) is 28.1 Å². The van der Waals surface area contributed by atoms with Crippen LogP contribution in [0.2, 0.25) is 0 Å². The molecule has 0 fully saturated rings. The number of benzene rings is 2. The maximum atomic E-state index is 13.3. The molecule has 0 saturated heterocycles. The van der Waals surface area contributed by atoms with Crippen molar-refractivity contribution in [1.82, 2.24) is 9.78 Å². The number of aryl methyl sites for hydroxylation is 1. The molecule has 158 valence electrons. The maximum absolute atomic E-state index is 13.3. The van der Waals surface area contributed by atoms with E-state index < -0.39 is 11.6 Å².